The smallest absolute Gasteiger partial charge is 0.220 e. The van der Waals surface area contributed by atoms with Gasteiger partial charge in [-0.1, -0.05) is 0 Å². The zero-order valence-corrected chi connectivity index (χ0v) is 10.1. The van der Waals surface area contributed by atoms with Gasteiger partial charge in [0, 0.05) is 6.20 Å². The number of nitrogens with one attached hydrogen (secondary N) is 1. The standard InChI is InChI=1S/C10H9BrN4O/c1-5(16)6-4-8(14-9(6)11)7-2-3-13-10(12)15-7/h2-4,14H,1H3,(H2,12,13,15). The first-order chi connectivity index (χ1) is 7.58. The van der Waals surface area contributed by atoms with Gasteiger partial charge in [-0.2, -0.15) is 0 Å². The van der Waals surface area contributed by atoms with Crippen LogP contribution in [0.15, 0.2) is 22.9 Å². The first-order valence-electron chi connectivity index (χ1n) is 4.56. The summed E-state index contributed by atoms with van der Waals surface area (Å²) >= 11 is 3.28. The van der Waals surface area contributed by atoms with E-state index in [-0.39, 0.29) is 11.7 Å². The Bertz CT molecular complexity index is 550. The van der Waals surface area contributed by atoms with Crippen molar-refractivity contribution in [3.8, 4) is 11.4 Å². The van der Waals surface area contributed by atoms with Gasteiger partial charge in [0.1, 0.15) is 0 Å². The number of H-pyrrole nitrogens is 1. The summed E-state index contributed by atoms with van der Waals surface area (Å²) in [5, 5.41) is 0. The lowest BCUT2D eigenvalue weighted by atomic mass is 10.2. The fourth-order valence-corrected chi connectivity index (χ4v) is 1.95. The van der Waals surface area contributed by atoms with Crippen LogP contribution in [-0.2, 0) is 0 Å². The summed E-state index contributed by atoms with van der Waals surface area (Å²) in [6, 6.07) is 3.45. The number of anilines is 1. The van der Waals surface area contributed by atoms with Crippen molar-refractivity contribution in [2.45, 2.75) is 6.92 Å². The van der Waals surface area contributed by atoms with Crippen LogP contribution in [0, 0.1) is 0 Å². The van der Waals surface area contributed by atoms with Crippen LogP contribution in [0.5, 0.6) is 0 Å². The zero-order valence-electron chi connectivity index (χ0n) is 8.49. The highest BCUT2D eigenvalue weighted by Gasteiger charge is 2.11. The number of halogens is 1. The Labute approximate surface area is 100 Å². The number of Topliss-reactive ketones (excluding diaryl/α,β-unsaturated/α-hetero) is 1. The molecule has 16 heavy (non-hydrogen) atoms. The van der Waals surface area contributed by atoms with Gasteiger partial charge in [0.25, 0.3) is 0 Å². The van der Waals surface area contributed by atoms with E-state index in [1.807, 2.05) is 0 Å². The highest BCUT2D eigenvalue weighted by molar-refractivity contribution is 9.10. The number of hydrogen-bond acceptors (Lipinski definition) is 4. The quantitative estimate of drug-likeness (QED) is 0.825. The van der Waals surface area contributed by atoms with E-state index >= 15 is 0 Å². The fraction of sp³-hybridized carbons (Fsp3) is 0.100. The molecule has 2 rings (SSSR count). The molecule has 0 aliphatic heterocycles. The maximum Gasteiger partial charge on any atom is 0.220 e. The van der Waals surface area contributed by atoms with Crippen molar-refractivity contribution < 1.29 is 4.79 Å². The third kappa shape index (κ3) is 1.96. The first kappa shape index (κ1) is 10.8. The summed E-state index contributed by atoms with van der Waals surface area (Å²) in [4.78, 5) is 22.2. The predicted octanol–water partition coefficient (Wildman–Crippen LogP) is 2.02. The van der Waals surface area contributed by atoms with Crippen molar-refractivity contribution in [1.82, 2.24) is 15.0 Å². The highest BCUT2D eigenvalue weighted by atomic mass is 79.9. The molecule has 0 amide bonds. The van der Waals surface area contributed by atoms with Gasteiger partial charge >= 0.3 is 0 Å². The van der Waals surface area contributed by atoms with Crippen LogP contribution in [0.25, 0.3) is 11.4 Å². The molecule has 0 radical (unpaired) electrons. The molecule has 0 aliphatic rings. The summed E-state index contributed by atoms with van der Waals surface area (Å²) in [6.45, 7) is 1.51. The molecule has 0 saturated carbocycles. The molecule has 0 aliphatic carbocycles. The number of carbonyl (C=O) groups excluding carboxylic acids is 1. The van der Waals surface area contributed by atoms with Crippen LogP contribution in [0.3, 0.4) is 0 Å². The fourth-order valence-electron chi connectivity index (χ4n) is 1.35. The molecule has 2 heterocycles. The third-order valence-electron chi connectivity index (χ3n) is 2.10. The number of nitrogen functional groups attached to an aromatic ring is 1. The highest BCUT2D eigenvalue weighted by Crippen LogP contribution is 2.24. The number of carbonyl (C=O) groups is 1. The Balaban J connectivity index is 2.49. The molecule has 2 aromatic heterocycles. The molecule has 0 saturated heterocycles. The minimum absolute atomic E-state index is 0.0172. The van der Waals surface area contributed by atoms with Crippen LogP contribution in [0.4, 0.5) is 5.95 Å². The minimum atomic E-state index is -0.0172. The largest absolute Gasteiger partial charge is 0.368 e. The second-order valence-electron chi connectivity index (χ2n) is 3.27. The Morgan fingerprint density at radius 3 is 2.88 bits per heavy atom. The van der Waals surface area contributed by atoms with Gasteiger partial charge in [0.05, 0.1) is 21.6 Å². The van der Waals surface area contributed by atoms with Gasteiger partial charge in [-0.3, -0.25) is 4.79 Å². The lowest BCUT2D eigenvalue weighted by Gasteiger charge is -1.96. The van der Waals surface area contributed by atoms with E-state index in [4.69, 9.17) is 5.73 Å². The van der Waals surface area contributed by atoms with Gasteiger partial charge < -0.3 is 10.7 Å². The third-order valence-corrected chi connectivity index (χ3v) is 2.72. The monoisotopic (exact) mass is 280 g/mol. The average Bonchev–Trinajstić information content (AvgIpc) is 2.60. The van der Waals surface area contributed by atoms with E-state index in [9.17, 15) is 4.79 Å². The molecule has 0 atom stereocenters. The number of ketones is 1. The van der Waals surface area contributed by atoms with E-state index in [1.54, 1.807) is 18.3 Å². The van der Waals surface area contributed by atoms with Crippen LogP contribution in [0.1, 0.15) is 17.3 Å². The molecule has 5 nitrogen and oxygen atoms in total. The SMILES string of the molecule is CC(=O)c1cc(-c2ccnc(N)n2)[nH]c1Br. The lowest BCUT2D eigenvalue weighted by Crippen LogP contribution is -1.95. The van der Waals surface area contributed by atoms with Gasteiger partial charge in [-0.05, 0) is 35.0 Å². The molecule has 3 N–H and O–H groups in total. The van der Waals surface area contributed by atoms with E-state index in [2.05, 4.69) is 30.9 Å². The van der Waals surface area contributed by atoms with Crippen LogP contribution in [0.2, 0.25) is 0 Å². The number of nitrogens with zero attached hydrogens (tertiary/aromatic N) is 2. The van der Waals surface area contributed by atoms with E-state index in [0.717, 1.165) is 5.69 Å². The second-order valence-corrected chi connectivity index (χ2v) is 4.06. The van der Waals surface area contributed by atoms with Crippen molar-refractivity contribution in [3.05, 3.63) is 28.5 Å². The summed E-state index contributed by atoms with van der Waals surface area (Å²) in [5.74, 6) is 0.184. The zero-order chi connectivity index (χ0) is 11.7. The molecule has 0 fully saturated rings. The molecular weight excluding hydrogens is 272 g/mol. The van der Waals surface area contributed by atoms with Gasteiger partial charge in [0.15, 0.2) is 5.78 Å². The normalized spacial score (nSPS) is 10.4. The number of hydrogen-bond donors (Lipinski definition) is 2. The van der Waals surface area contributed by atoms with E-state index in [0.29, 0.717) is 15.9 Å². The number of aromatic amines is 1. The Morgan fingerprint density at radius 2 is 2.31 bits per heavy atom. The van der Waals surface area contributed by atoms with Crippen molar-refractivity contribution >= 4 is 27.7 Å². The molecule has 0 unspecified atom stereocenters. The summed E-state index contributed by atoms with van der Waals surface area (Å²) in [7, 11) is 0. The predicted molar refractivity (Wildman–Crippen MR) is 63.9 cm³/mol. The summed E-state index contributed by atoms with van der Waals surface area (Å²) in [5.41, 5.74) is 7.46. The van der Waals surface area contributed by atoms with Gasteiger partial charge in [0.2, 0.25) is 5.95 Å². The second kappa shape index (κ2) is 4.05. The van der Waals surface area contributed by atoms with Crippen LogP contribution in [-0.4, -0.2) is 20.7 Å². The van der Waals surface area contributed by atoms with E-state index < -0.39 is 0 Å². The van der Waals surface area contributed by atoms with Gasteiger partial charge in [-0.15, -0.1) is 0 Å². The van der Waals surface area contributed by atoms with Crippen molar-refractivity contribution in [1.29, 1.82) is 0 Å². The van der Waals surface area contributed by atoms with Crippen LogP contribution < -0.4 is 5.73 Å². The van der Waals surface area contributed by atoms with Gasteiger partial charge in [-0.25, -0.2) is 9.97 Å². The summed E-state index contributed by atoms with van der Waals surface area (Å²) in [6.07, 6.45) is 1.57. The number of aromatic nitrogens is 3. The Hall–Kier alpha value is -1.69. The molecule has 0 bridgehead atoms. The number of rotatable bonds is 2. The lowest BCUT2D eigenvalue weighted by molar-refractivity contribution is 0.101. The van der Waals surface area contributed by atoms with Crippen molar-refractivity contribution in [2.75, 3.05) is 5.73 Å². The Kier molecular flexibility index (Phi) is 2.74. The van der Waals surface area contributed by atoms with Crippen molar-refractivity contribution in [2.24, 2.45) is 0 Å². The molecule has 6 heteroatoms. The van der Waals surface area contributed by atoms with E-state index in [1.165, 1.54) is 6.92 Å². The minimum Gasteiger partial charge on any atom is -0.368 e. The molecule has 82 valence electrons. The Morgan fingerprint density at radius 1 is 1.56 bits per heavy atom. The topological polar surface area (TPSA) is 84.7 Å². The molecule has 2 aromatic rings. The maximum atomic E-state index is 11.3. The van der Waals surface area contributed by atoms with Crippen molar-refractivity contribution in [3.63, 3.8) is 0 Å². The molecule has 0 aromatic carbocycles. The number of nitrogens with two attached hydrogens (primary N) is 1. The maximum absolute atomic E-state index is 11.3. The average molecular weight is 281 g/mol. The molecule has 0 spiro atoms. The molecular formula is C10H9BrN4O. The van der Waals surface area contributed by atoms with Crippen LogP contribution >= 0.6 is 15.9 Å². The summed E-state index contributed by atoms with van der Waals surface area (Å²) < 4.78 is 0.646. The first-order valence-corrected chi connectivity index (χ1v) is 5.35.